The van der Waals surface area contributed by atoms with Crippen molar-refractivity contribution in [3.8, 4) is 0 Å². The van der Waals surface area contributed by atoms with Gasteiger partial charge in [0.15, 0.2) is 0 Å². The Labute approximate surface area is 152 Å². The fraction of sp³-hybridized carbons (Fsp3) is 0.300. The molecule has 0 aromatic heterocycles. The van der Waals surface area contributed by atoms with Gasteiger partial charge in [-0.15, -0.1) is 0 Å². The first-order chi connectivity index (χ1) is 12.6. The third-order valence-corrected chi connectivity index (χ3v) is 4.48. The summed E-state index contributed by atoms with van der Waals surface area (Å²) >= 11 is 0. The quantitative estimate of drug-likeness (QED) is 0.826. The molecule has 0 bridgehead atoms. The number of amides is 2. The van der Waals surface area contributed by atoms with E-state index in [1.165, 1.54) is 0 Å². The number of rotatable bonds is 6. The number of benzene rings is 2. The number of nitrogens with zero attached hydrogens (tertiary/aromatic N) is 1. The van der Waals surface area contributed by atoms with Gasteiger partial charge in [0.05, 0.1) is 19.3 Å². The molecule has 1 aliphatic heterocycles. The van der Waals surface area contributed by atoms with Crippen molar-refractivity contribution in [3.63, 3.8) is 0 Å². The topological polar surface area (TPSA) is 84.7 Å². The highest BCUT2D eigenvalue weighted by Crippen LogP contribution is 2.16. The Morgan fingerprint density at radius 3 is 2.23 bits per heavy atom. The third-order valence-electron chi connectivity index (χ3n) is 4.48. The minimum Gasteiger partial charge on any atom is -0.379 e. The number of hydrogen-bond acceptors (Lipinski definition) is 4. The van der Waals surface area contributed by atoms with E-state index in [4.69, 9.17) is 10.5 Å². The molecule has 1 atom stereocenters. The molecule has 2 amide bonds. The number of nitrogens with two attached hydrogens (primary N) is 1. The summed E-state index contributed by atoms with van der Waals surface area (Å²) in [5.74, 6) is -0.686. The van der Waals surface area contributed by atoms with Crippen molar-refractivity contribution < 1.29 is 14.3 Å². The van der Waals surface area contributed by atoms with Crippen molar-refractivity contribution in [3.05, 3.63) is 71.3 Å². The second-order valence-corrected chi connectivity index (χ2v) is 6.29. The lowest BCUT2D eigenvalue weighted by Gasteiger charge is -2.31. The molecule has 26 heavy (non-hydrogen) atoms. The van der Waals surface area contributed by atoms with E-state index >= 15 is 0 Å². The Balaban J connectivity index is 1.73. The monoisotopic (exact) mass is 353 g/mol. The largest absolute Gasteiger partial charge is 0.379 e. The van der Waals surface area contributed by atoms with Crippen molar-refractivity contribution in [1.29, 1.82) is 0 Å². The molecule has 3 N–H and O–H groups in total. The highest BCUT2D eigenvalue weighted by molar-refractivity contribution is 5.97. The Hall–Kier alpha value is -2.70. The molecule has 3 rings (SSSR count). The van der Waals surface area contributed by atoms with Crippen molar-refractivity contribution in [1.82, 2.24) is 10.2 Å². The molecular weight excluding hydrogens is 330 g/mol. The van der Waals surface area contributed by atoms with Gasteiger partial charge in [0.2, 0.25) is 5.91 Å². The maximum Gasteiger partial charge on any atom is 0.251 e. The summed E-state index contributed by atoms with van der Waals surface area (Å²) in [5, 5.41) is 3.11. The van der Waals surface area contributed by atoms with E-state index in [2.05, 4.69) is 10.2 Å². The lowest BCUT2D eigenvalue weighted by Crippen LogP contribution is -2.43. The van der Waals surface area contributed by atoms with Gasteiger partial charge >= 0.3 is 0 Å². The van der Waals surface area contributed by atoms with E-state index in [1.54, 1.807) is 24.3 Å². The highest BCUT2D eigenvalue weighted by atomic mass is 16.5. The average Bonchev–Trinajstić information content (AvgIpc) is 2.69. The lowest BCUT2D eigenvalue weighted by atomic mass is 10.0. The van der Waals surface area contributed by atoms with E-state index in [0.29, 0.717) is 24.3 Å². The Bertz CT molecular complexity index is 741. The minimum absolute atomic E-state index is 0.127. The van der Waals surface area contributed by atoms with Gasteiger partial charge in [0.1, 0.15) is 0 Å². The second kappa shape index (κ2) is 8.60. The van der Waals surface area contributed by atoms with Crippen LogP contribution in [0, 0.1) is 0 Å². The van der Waals surface area contributed by atoms with Crippen LogP contribution in [0.3, 0.4) is 0 Å². The Morgan fingerprint density at radius 2 is 1.62 bits per heavy atom. The number of nitrogens with one attached hydrogen (secondary N) is 1. The molecule has 0 spiro atoms. The van der Waals surface area contributed by atoms with Crippen LogP contribution in [-0.2, 0) is 4.74 Å². The zero-order valence-electron chi connectivity index (χ0n) is 14.6. The molecule has 2 aromatic rings. The van der Waals surface area contributed by atoms with E-state index < -0.39 is 5.91 Å². The van der Waals surface area contributed by atoms with Gasteiger partial charge in [-0.1, -0.05) is 30.3 Å². The zero-order chi connectivity index (χ0) is 18.4. The predicted octanol–water partition coefficient (Wildman–Crippen LogP) is 1.59. The van der Waals surface area contributed by atoms with Crippen molar-refractivity contribution in [2.75, 3.05) is 32.8 Å². The average molecular weight is 353 g/mol. The molecule has 0 saturated carbocycles. The fourth-order valence-electron chi connectivity index (χ4n) is 2.99. The number of primary amides is 1. The van der Waals surface area contributed by atoms with Gasteiger partial charge in [-0.3, -0.25) is 14.5 Å². The summed E-state index contributed by atoms with van der Waals surface area (Å²) < 4.78 is 5.40. The Kier molecular flexibility index (Phi) is 5.99. The molecule has 1 heterocycles. The molecule has 6 heteroatoms. The van der Waals surface area contributed by atoms with Crippen molar-refractivity contribution in [2.45, 2.75) is 6.04 Å². The highest BCUT2D eigenvalue weighted by Gasteiger charge is 2.20. The smallest absolute Gasteiger partial charge is 0.251 e. The van der Waals surface area contributed by atoms with E-state index in [1.807, 2.05) is 30.3 Å². The minimum atomic E-state index is -0.508. The van der Waals surface area contributed by atoms with E-state index in [9.17, 15) is 9.59 Å². The van der Waals surface area contributed by atoms with Gasteiger partial charge in [-0.05, 0) is 29.8 Å². The summed E-state index contributed by atoms with van der Waals surface area (Å²) in [6, 6.07) is 16.2. The molecular formula is C20H23N3O3. The van der Waals surface area contributed by atoms with Crippen LogP contribution in [0.1, 0.15) is 32.3 Å². The first-order valence-electron chi connectivity index (χ1n) is 8.69. The van der Waals surface area contributed by atoms with Crippen LogP contribution in [0.15, 0.2) is 54.6 Å². The van der Waals surface area contributed by atoms with Crippen molar-refractivity contribution >= 4 is 11.8 Å². The van der Waals surface area contributed by atoms with Crippen LogP contribution < -0.4 is 11.1 Å². The van der Waals surface area contributed by atoms with Crippen LogP contribution in [-0.4, -0.2) is 49.6 Å². The molecule has 0 radical (unpaired) electrons. The standard InChI is InChI=1S/C20H23N3O3/c21-19(24)16-6-8-17(9-7-16)20(25)22-18(15-4-2-1-3-5-15)14-23-10-12-26-13-11-23/h1-9,18H,10-14H2,(H2,21,24)(H,22,25). The molecule has 1 aliphatic rings. The molecule has 0 aliphatic carbocycles. The maximum atomic E-state index is 12.7. The third kappa shape index (κ3) is 4.68. The molecule has 1 saturated heterocycles. The van der Waals surface area contributed by atoms with Crippen LogP contribution in [0.5, 0.6) is 0 Å². The summed E-state index contributed by atoms with van der Waals surface area (Å²) in [4.78, 5) is 26.1. The predicted molar refractivity (Wildman–Crippen MR) is 98.9 cm³/mol. The van der Waals surface area contributed by atoms with Gasteiger partial charge < -0.3 is 15.8 Å². The molecule has 136 valence electrons. The Morgan fingerprint density at radius 1 is 1.00 bits per heavy atom. The second-order valence-electron chi connectivity index (χ2n) is 6.29. The number of ether oxygens (including phenoxy) is 1. The van der Waals surface area contributed by atoms with Crippen LogP contribution >= 0.6 is 0 Å². The van der Waals surface area contributed by atoms with E-state index in [-0.39, 0.29) is 11.9 Å². The van der Waals surface area contributed by atoms with Crippen molar-refractivity contribution in [2.24, 2.45) is 5.73 Å². The van der Waals surface area contributed by atoms with Gasteiger partial charge in [-0.25, -0.2) is 0 Å². The zero-order valence-corrected chi connectivity index (χ0v) is 14.6. The SMILES string of the molecule is NC(=O)c1ccc(C(=O)NC(CN2CCOCC2)c2ccccc2)cc1. The molecule has 1 unspecified atom stereocenters. The number of carbonyl (C=O) groups excluding carboxylic acids is 2. The summed E-state index contributed by atoms with van der Waals surface area (Å²) in [6.45, 7) is 3.85. The van der Waals surface area contributed by atoms with Gasteiger partial charge in [-0.2, -0.15) is 0 Å². The van der Waals surface area contributed by atoms with Gasteiger partial charge in [0, 0.05) is 30.8 Å². The van der Waals surface area contributed by atoms with Crippen LogP contribution in [0.25, 0.3) is 0 Å². The first-order valence-corrected chi connectivity index (χ1v) is 8.69. The normalized spacial score (nSPS) is 16.0. The summed E-state index contributed by atoms with van der Waals surface area (Å²) in [6.07, 6.45) is 0. The van der Waals surface area contributed by atoms with E-state index in [0.717, 1.165) is 25.2 Å². The number of morpholine rings is 1. The lowest BCUT2D eigenvalue weighted by molar-refractivity contribution is 0.0332. The number of hydrogen-bond donors (Lipinski definition) is 2. The maximum absolute atomic E-state index is 12.7. The molecule has 6 nitrogen and oxygen atoms in total. The fourth-order valence-corrected chi connectivity index (χ4v) is 2.99. The summed E-state index contributed by atoms with van der Waals surface area (Å²) in [5.41, 5.74) is 7.18. The van der Waals surface area contributed by atoms with Gasteiger partial charge in [0.25, 0.3) is 5.91 Å². The van der Waals surface area contributed by atoms with Crippen LogP contribution in [0.2, 0.25) is 0 Å². The molecule has 1 fully saturated rings. The molecule has 2 aromatic carbocycles. The first kappa shape index (κ1) is 18.1. The van der Waals surface area contributed by atoms with Crippen LogP contribution in [0.4, 0.5) is 0 Å². The number of carbonyl (C=O) groups is 2. The summed E-state index contributed by atoms with van der Waals surface area (Å²) in [7, 11) is 0.